The lowest BCUT2D eigenvalue weighted by atomic mass is 10.0. The molecule has 0 radical (unpaired) electrons. The molecule has 1 aliphatic rings. The Labute approximate surface area is 191 Å². The van der Waals surface area contributed by atoms with Crippen LogP contribution in [0.1, 0.15) is 131 Å². The Balaban J connectivity index is 3.18. The zero-order valence-corrected chi connectivity index (χ0v) is 22.5. The van der Waals surface area contributed by atoms with Crippen molar-refractivity contribution in [3.8, 4) is 0 Å². The lowest BCUT2D eigenvalue weighted by Gasteiger charge is -2.51. The van der Waals surface area contributed by atoms with Crippen LogP contribution in [0.25, 0.3) is 0 Å². The van der Waals surface area contributed by atoms with Gasteiger partial charge in [-0.3, -0.25) is 0 Å². The van der Waals surface area contributed by atoms with Crippen molar-refractivity contribution in [3.63, 3.8) is 0 Å². The molecule has 1 rings (SSSR count). The molecule has 0 spiro atoms. The molecule has 0 aromatic rings. The highest BCUT2D eigenvalue weighted by Crippen LogP contribution is 2.51. The van der Waals surface area contributed by atoms with E-state index in [1.54, 1.807) is 0 Å². The summed E-state index contributed by atoms with van der Waals surface area (Å²) in [5.74, 6) is -0.275. The maximum Gasteiger partial charge on any atom is 0.168 e. The van der Waals surface area contributed by atoms with Crippen LogP contribution in [0.15, 0.2) is 0 Å². The van der Waals surface area contributed by atoms with E-state index in [0.717, 1.165) is 26.1 Å². The number of ether oxygens (including phenoxy) is 2. The van der Waals surface area contributed by atoms with Gasteiger partial charge in [0, 0.05) is 5.54 Å². The highest BCUT2D eigenvalue weighted by atomic mass is 28.3. The van der Waals surface area contributed by atoms with Gasteiger partial charge in [-0.15, -0.1) is 0 Å². The normalized spacial score (nSPS) is 17.9. The lowest BCUT2D eigenvalue weighted by molar-refractivity contribution is -0.272. The summed E-state index contributed by atoms with van der Waals surface area (Å²) in [5, 5.41) is 0. The summed E-state index contributed by atoms with van der Waals surface area (Å²) in [4.78, 5) is 0. The number of hydrogen-bond donors (Lipinski definition) is 0. The Bertz CT molecular complexity index is 380. The Kier molecular flexibility index (Phi) is 15.7. The maximum absolute atomic E-state index is 6.63. The molecule has 0 bridgehead atoms. The van der Waals surface area contributed by atoms with Gasteiger partial charge < -0.3 is 9.47 Å². The van der Waals surface area contributed by atoms with E-state index in [0.29, 0.717) is 5.54 Å². The molecule has 1 saturated heterocycles. The van der Waals surface area contributed by atoms with Gasteiger partial charge in [-0.25, -0.2) is 0 Å². The molecule has 0 amide bonds. The van der Waals surface area contributed by atoms with E-state index < -0.39 is 8.07 Å². The van der Waals surface area contributed by atoms with Crippen molar-refractivity contribution in [2.24, 2.45) is 0 Å². The van der Waals surface area contributed by atoms with Crippen LogP contribution in [0, 0.1) is 0 Å². The van der Waals surface area contributed by atoms with Gasteiger partial charge in [-0.2, -0.15) is 0 Å². The minimum Gasteiger partial charge on any atom is -0.350 e. The maximum atomic E-state index is 6.63. The lowest BCUT2D eigenvalue weighted by Crippen LogP contribution is -2.55. The molecule has 0 aromatic heterocycles. The second-order valence-electron chi connectivity index (χ2n) is 10.00. The van der Waals surface area contributed by atoms with Crippen molar-refractivity contribution in [1.29, 1.82) is 0 Å². The first-order valence-corrected chi connectivity index (χ1v) is 16.6. The van der Waals surface area contributed by atoms with Crippen LogP contribution < -0.4 is 0 Å². The molecule has 30 heavy (non-hydrogen) atoms. The van der Waals surface area contributed by atoms with Crippen molar-refractivity contribution >= 4 is 8.07 Å². The summed E-state index contributed by atoms with van der Waals surface area (Å²) in [6.45, 7) is 13.6. The number of hydrogen-bond acceptors (Lipinski definition) is 2. The Hall–Kier alpha value is 0.137. The molecule has 1 atom stereocenters. The molecule has 0 aromatic carbocycles. The Morgan fingerprint density at radius 3 is 1.63 bits per heavy atom. The monoisotopic (exact) mass is 440 g/mol. The van der Waals surface area contributed by atoms with Gasteiger partial charge in [0.05, 0.1) is 21.3 Å². The van der Waals surface area contributed by atoms with E-state index in [-0.39, 0.29) is 5.79 Å². The first-order chi connectivity index (χ1) is 14.6. The second kappa shape index (κ2) is 16.7. The highest BCUT2D eigenvalue weighted by Gasteiger charge is 2.52. The molecular weight excluding hydrogens is 384 g/mol. The van der Waals surface area contributed by atoms with Crippen LogP contribution in [-0.2, 0) is 9.47 Å². The van der Waals surface area contributed by atoms with Gasteiger partial charge in [0.25, 0.3) is 0 Å². The first kappa shape index (κ1) is 28.2. The zero-order valence-electron chi connectivity index (χ0n) is 21.5. The van der Waals surface area contributed by atoms with E-state index in [1.165, 1.54) is 102 Å². The molecule has 180 valence electrons. The Morgan fingerprint density at radius 2 is 1.17 bits per heavy atom. The van der Waals surface area contributed by atoms with E-state index in [2.05, 4.69) is 34.6 Å². The summed E-state index contributed by atoms with van der Waals surface area (Å²) < 4.78 is 13.3. The van der Waals surface area contributed by atoms with E-state index in [9.17, 15) is 0 Å². The zero-order chi connectivity index (χ0) is 22.1. The molecule has 1 aliphatic heterocycles. The molecule has 1 heterocycles. The van der Waals surface area contributed by atoms with Crippen LogP contribution in [0.4, 0.5) is 0 Å². The third-order valence-corrected chi connectivity index (χ3v) is 14.0. The van der Waals surface area contributed by atoms with Crippen LogP contribution in [0.3, 0.4) is 0 Å². The van der Waals surface area contributed by atoms with E-state index in [4.69, 9.17) is 9.47 Å². The molecular formula is C27H56O2Si. The molecule has 3 heteroatoms. The summed E-state index contributed by atoms with van der Waals surface area (Å²) in [6, 6.07) is 4.51. The fraction of sp³-hybridized carbons (Fsp3) is 1.00. The van der Waals surface area contributed by atoms with Crippen molar-refractivity contribution in [2.45, 2.75) is 160 Å². The quantitative estimate of drug-likeness (QED) is 0.147. The van der Waals surface area contributed by atoms with E-state index in [1.807, 2.05) is 0 Å². The topological polar surface area (TPSA) is 18.5 Å². The molecule has 0 N–H and O–H groups in total. The average molecular weight is 441 g/mol. The summed E-state index contributed by atoms with van der Waals surface area (Å²) in [7, 11) is -1.51. The van der Waals surface area contributed by atoms with Crippen molar-refractivity contribution in [3.05, 3.63) is 0 Å². The standard InChI is InChI=1S/C27H56O2Si/c1-6-11-14-17-24-30(23-9-4,25-18-15-12-7-2)26(20-16-13-8-3)27(10-5)28-21-19-22-29-27/h26H,6-25H2,1-5H3. The summed E-state index contributed by atoms with van der Waals surface area (Å²) >= 11 is 0. The van der Waals surface area contributed by atoms with E-state index >= 15 is 0 Å². The van der Waals surface area contributed by atoms with Crippen molar-refractivity contribution in [1.82, 2.24) is 0 Å². The average Bonchev–Trinajstić information content (AvgIpc) is 2.78. The third-order valence-electron chi connectivity index (χ3n) is 7.65. The van der Waals surface area contributed by atoms with Gasteiger partial charge >= 0.3 is 0 Å². The van der Waals surface area contributed by atoms with Crippen molar-refractivity contribution < 1.29 is 9.47 Å². The largest absolute Gasteiger partial charge is 0.350 e. The smallest absolute Gasteiger partial charge is 0.168 e. The summed E-state index contributed by atoms with van der Waals surface area (Å²) in [6.07, 6.45) is 20.0. The fourth-order valence-corrected chi connectivity index (χ4v) is 12.9. The Morgan fingerprint density at radius 1 is 0.633 bits per heavy atom. The first-order valence-electron chi connectivity index (χ1n) is 13.9. The predicted molar refractivity (Wildman–Crippen MR) is 136 cm³/mol. The molecule has 0 aliphatic carbocycles. The molecule has 1 fully saturated rings. The minimum absolute atomic E-state index is 0.275. The SMILES string of the molecule is CCCCCC[Si](CCC)(CCCCCC)C(CCCCC)C1(CC)OCCCO1. The van der Waals surface area contributed by atoms with Gasteiger partial charge in [-0.05, 0) is 19.3 Å². The second-order valence-corrected chi connectivity index (χ2v) is 14.9. The molecule has 0 saturated carbocycles. The molecule has 2 nitrogen and oxygen atoms in total. The van der Waals surface area contributed by atoms with Crippen LogP contribution >= 0.6 is 0 Å². The van der Waals surface area contributed by atoms with Crippen LogP contribution in [0.5, 0.6) is 0 Å². The predicted octanol–water partition coefficient (Wildman–Crippen LogP) is 9.50. The van der Waals surface area contributed by atoms with Gasteiger partial charge in [-0.1, -0.05) is 130 Å². The van der Waals surface area contributed by atoms with Crippen LogP contribution in [-0.4, -0.2) is 27.1 Å². The summed E-state index contributed by atoms with van der Waals surface area (Å²) in [5.41, 5.74) is 0.685. The molecule has 1 unspecified atom stereocenters. The van der Waals surface area contributed by atoms with Gasteiger partial charge in [0.1, 0.15) is 0 Å². The highest BCUT2D eigenvalue weighted by molar-refractivity contribution is 6.81. The van der Waals surface area contributed by atoms with Crippen molar-refractivity contribution in [2.75, 3.05) is 13.2 Å². The minimum atomic E-state index is -1.51. The third kappa shape index (κ3) is 8.94. The van der Waals surface area contributed by atoms with Gasteiger partial charge in [0.15, 0.2) is 5.79 Å². The van der Waals surface area contributed by atoms with Gasteiger partial charge in [0.2, 0.25) is 0 Å². The fourth-order valence-electron chi connectivity index (χ4n) is 6.04. The number of unbranched alkanes of at least 4 members (excludes halogenated alkanes) is 8. The van der Waals surface area contributed by atoms with Crippen LogP contribution in [0.2, 0.25) is 23.7 Å². The number of rotatable bonds is 19.